The van der Waals surface area contributed by atoms with Crippen molar-refractivity contribution in [3.63, 3.8) is 0 Å². The maximum absolute atomic E-state index is 4.23. The second-order valence-corrected chi connectivity index (χ2v) is 5.70. The van der Waals surface area contributed by atoms with Crippen LogP contribution in [-0.4, -0.2) is 21.0 Å². The third-order valence-electron chi connectivity index (χ3n) is 3.62. The summed E-state index contributed by atoms with van der Waals surface area (Å²) in [4.78, 5) is 6.73. The number of aromatic nitrogens is 2. The molecule has 0 fully saturated rings. The molecule has 3 heterocycles. The monoisotopic (exact) mass is 305 g/mol. The van der Waals surface area contributed by atoms with Crippen molar-refractivity contribution in [2.75, 3.05) is 6.54 Å². The molecule has 94 valence electrons. The molecule has 0 N–H and O–H groups in total. The van der Waals surface area contributed by atoms with Crippen LogP contribution in [0.25, 0.3) is 0 Å². The fourth-order valence-electron chi connectivity index (χ4n) is 2.62. The molecular weight excluding hydrogens is 290 g/mol. The number of fused-ring (bicyclic) bond motifs is 1. The van der Waals surface area contributed by atoms with Gasteiger partial charge in [-0.05, 0) is 46.6 Å². The van der Waals surface area contributed by atoms with E-state index in [1.807, 2.05) is 12.4 Å². The van der Waals surface area contributed by atoms with Crippen LogP contribution in [0.1, 0.15) is 24.2 Å². The molecule has 0 aliphatic carbocycles. The van der Waals surface area contributed by atoms with Crippen LogP contribution in [0, 0.1) is 0 Å². The normalized spacial score (nSPS) is 19.8. The second kappa shape index (κ2) is 4.86. The van der Waals surface area contributed by atoms with Gasteiger partial charge in [0.15, 0.2) is 0 Å². The third kappa shape index (κ3) is 2.22. The van der Waals surface area contributed by atoms with E-state index in [1.165, 1.54) is 11.3 Å². The Morgan fingerprint density at radius 3 is 3.11 bits per heavy atom. The van der Waals surface area contributed by atoms with E-state index in [4.69, 9.17) is 0 Å². The van der Waals surface area contributed by atoms with E-state index in [1.54, 1.807) is 0 Å². The van der Waals surface area contributed by atoms with Gasteiger partial charge >= 0.3 is 0 Å². The number of pyridine rings is 1. The zero-order valence-electron chi connectivity index (χ0n) is 10.4. The van der Waals surface area contributed by atoms with Crippen LogP contribution in [0.3, 0.4) is 0 Å². The van der Waals surface area contributed by atoms with Gasteiger partial charge in [-0.2, -0.15) is 0 Å². The van der Waals surface area contributed by atoms with Crippen molar-refractivity contribution in [1.82, 2.24) is 14.5 Å². The molecule has 0 bridgehead atoms. The third-order valence-corrected chi connectivity index (χ3v) is 4.05. The van der Waals surface area contributed by atoms with Gasteiger partial charge in [-0.1, -0.05) is 0 Å². The van der Waals surface area contributed by atoms with Crippen molar-refractivity contribution in [3.8, 4) is 0 Å². The van der Waals surface area contributed by atoms with Gasteiger partial charge in [0.05, 0.1) is 0 Å². The van der Waals surface area contributed by atoms with Crippen molar-refractivity contribution in [2.24, 2.45) is 0 Å². The van der Waals surface area contributed by atoms with E-state index in [-0.39, 0.29) is 0 Å². The number of halogens is 1. The summed E-state index contributed by atoms with van der Waals surface area (Å²) >= 11 is 3.48. The molecule has 0 saturated carbocycles. The van der Waals surface area contributed by atoms with E-state index in [9.17, 15) is 0 Å². The number of hydrogen-bond donors (Lipinski definition) is 0. The molecule has 0 unspecified atom stereocenters. The molecule has 0 saturated heterocycles. The highest BCUT2D eigenvalue weighted by molar-refractivity contribution is 9.10. The summed E-state index contributed by atoms with van der Waals surface area (Å²) in [5.41, 5.74) is 2.67. The Bertz CT molecular complexity index is 549. The lowest BCUT2D eigenvalue weighted by Gasteiger charge is -2.34. The van der Waals surface area contributed by atoms with Crippen LogP contribution < -0.4 is 0 Å². The van der Waals surface area contributed by atoms with Crippen molar-refractivity contribution in [3.05, 3.63) is 52.5 Å². The molecule has 2 aromatic rings. The van der Waals surface area contributed by atoms with Crippen LogP contribution in [0.4, 0.5) is 0 Å². The Balaban J connectivity index is 1.79. The molecule has 4 heteroatoms. The summed E-state index contributed by atoms with van der Waals surface area (Å²) in [7, 11) is 0. The molecule has 1 aliphatic rings. The molecule has 18 heavy (non-hydrogen) atoms. The van der Waals surface area contributed by atoms with E-state index in [0.717, 1.165) is 24.1 Å². The Morgan fingerprint density at radius 2 is 2.28 bits per heavy atom. The second-order valence-electron chi connectivity index (χ2n) is 4.78. The zero-order chi connectivity index (χ0) is 12.5. The molecule has 1 atom stereocenters. The molecule has 0 amide bonds. The van der Waals surface area contributed by atoms with Crippen LogP contribution in [-0.2, 0) is 13.1 Å². The largest absolute Gasteiger partial charge is 0.349 e. The van der Waals surface area contributed by atoms with Gasteiger partial charge in [-0.3, -0.25) is 9.88 Å². The minimum Gasteiger partial charge on any atom is -0.349 e. The predicted octanol–water partition coefficient (Wildman–Crippen LogP) is 3.22. The first-order valence-corrected chi connectivity index (χ1v) is 7.02. The number of hydrogen-bond acceptors (Lipinski definition) is 2. The SMILES string of the molecule is C[C@H]1c2cccn2CCN1Cc1cncc(Br)c1. The molecule has 0 spiro atoms. The van der Waals surface area contributed by atoms with Crippen LogP contribution in [0.5, 0.6) is 0 Å². The highest BCUT2D eigenvalue weighted by atomic mass is 79.9. The number of rotatable bonds is 2. The van der Waals surface area contributed by atoms with Gasteiger partial charge in [-0.25, -0.2) is 0 Å². The van der Waals surface area contributed by atoms with Crippen LogP contribution in [0.2, 0.25) is 0 Å². The average molecular weight is 306 g/mol. The van der Waals surface area contributed by atoms with Gasteiger partial charge in [0.2, 0.25) is 0 Å². The van der Waals surface area contributed by atoms with Crippen LogP contribution in [0.15, 0.2) is 41.3 Å². The molecule has 3 rings (SSSR count). The van der Waals surface area contributed by atoms with E-state index in [2.05, 4.69) is 61.7 Å². The zero-order valence-corrected chi connectivity index (χ0v) is 12.0. The smallest absolute Gasteiger partial charge is 0.0476 e. The highest BCUT2D eigenvalue weighted by Gasteiger charge is 2.23. The maximum Gasteiger partial charge on any atom is 0.0476 e. The molecule has 0 radical (unpaired) electrons. The Morgan fingerprint density at radius 1 is 1.39 bits per heavy atom. The van der Waals surface area contributed by atoms with Gasteiger partial charge in [-0.15, -0.1) is 0 Å². The van der Waals surface area contributed by atoms with Gasteiger partial charge in [0.25, 0.3) is 0 Å². The predicted molar refractivity (Wildman–Crippen MR) is 75.2 cm³/mol. The fraction of sp³-hybridized carbons (Fsp3) is 0.357. The van der Waals surface area contributed by atoms with Crippen molar-refractivity contribution in [2.45, 2.75) is 26.1 Å². The van der Waals surface area contributed by atoms with Crippen molar-refractivity contribution >= 4 is 15.9 Å². The molecule has 3 nitrogen and oxygen atoms in total. The summed E-state index contributed by atoms with van der Waals surface area (Å²) in [6, 6.07) is 6.96. The first-order chi connectivity index (χ1) is 8.74. The topological polar surface area (TPSA) is 21.1 Å². The number of nitrogens with zero attached hydrogens (tertiary/aromatic N) is 3. The Kier molecular flexibility index (Phi) is 3.22. The lowest BCUT2D eigenvalue weighted by atomic mass is 10.1. The summed E-state index contributed by atoms with van der Waals surface area (Å²) in [5, 5.41) is 0. The van der Waals surface area contributed by atoms with E-state index in [0.29, 0.717) is 6.04 Å². The van der Waals surface area contributed by atoms with Crippen molar-refractivity contribution in [1.29, 1.82) is 0 Å². The molecule has 2 aromatic heterocycles. The first-order valence-electron chi connectivity index (χ1n) is 6.22. The van der Waals surface area contributed by atoms with E-state index >= 15 is 0 Å². The minimum atomic E-state index is 0.465. The minimum absolute atomic E-state index is 0.465. The summed E-state index contributed by atoms with van der Waals surface area (Å²) < 4.78 is 3.40. The standard InChI is InChI=1S/C14H16BrN3/c1-11-14-3-2-4-17(14)5-6-18(11)10-12-7-13(15)9-16-8-12/h2-4,7-9,11H,5-6,10H2,1H3/t11-/m0/s1. The quantitative estimate of drug-likeness (QED) is 0.849. The van der Waals surface area contributed by atoms with Crippen molar-refractivity contribution < 1.29 is 0 Å². The molecule has 0 aromatic carbocycles. The summed E-state index contributed by atoms with van der Waals surface area (Å²) in [6.45, 7) is 5.40. The van der Waals surface area contributed by atoms with Crippen LogP contribution >= 0.6 is 15.9 Å². The Labute approximate surface area is 116 Å². The summed E-state index contributed by atoms with van der Waals surface area (Å²) in [5.74, 6) is 0. The highest BCUT2D eigenvalue weighted by Crippen LogP contribution is 2.27. The molecular formula is C14H16BrN3. The van der Waals surface area contributed by atoms with Gasteiger partial charge in [0, 0.05) is 54.4 Å². The lowest BCUT2D eigenvalue weighted by molar-refractivity contribution is 0.160. The van der Waals surface area contributed by atoms with Gasteiger partial charge in [0.1, 0.15) is 0 Å². The van der Waals surface area contributed by atoms with Gasteiger partial charge < -0.3 is 4.57 Å². The Hall–Kier alpha value is -1.13. The average Bonchev–Trinajstić information content (AvgIpc) is 2.82. The first kappa shape index (κ1) is 11.9. The molecule has 1 aliphatic heterocycles. The summed E-state index contributed by atoms with van der Waals surface area (Å²) in [6.07, 6.45) is 5.95. The fourth-order valence-corrected chi connectivity index (χ4v) is 3.03. The maximum atomic E-state index is 4.23. The lowest BCUT2D eigenvalue weighted by Crippen LogP contribution is -2.35. The van der Waals surface area contributed by atoms with E-state index < -0.39 is 0 Å².